The monoisotopic (exact) mass is 352 g/mol. The molecule has 2 aromatic rings. The van der Waals surface area contributed by atoms with E-state index in [0.29, 0.717) is 5.02 Å². The zero-order valence-electron chi connectivity index (χ0n) is 10.7. The molecule has 0 aliphatic carbocycles. The maximum absolute atomic E-state index is 6.32. The van der Waals surface area contributed by atoms with E-state index in [1.807, 2.05) is 30.3 Å². The van der Waals surface area contributed by atoms with Gasteiger partial charge in [-0.05, 0) is 29.3 Å². The van der Waals surface area contributed by atoms with E-state index in [-0.39, 0.29) is 6.04 Å². The van der Waals surface area contributed by atoms with Gasteiger partial charge in [0.2, 0.25) is 0 Å². The Labute approximate surface area is 131 Å². The second-order valence-corrected chi connectivity index (χ2v) is 5.96. The molecule has 2 aromatic carbocycles. The zero-order valence-corrected chi connectivity index (χ0v) is 13.0. The molecule has 1 atom stereocenters. The second kappa shape index (κ2) is 5.74. The highest BCUT2D eigenvalue weighted by Crippen LogP contribution is 2.36. The van der Waals surface area contributed by atoms with Gasteiger partial charge in [0.25, 0.3) is 0 Å². The molecule has 0 aromatic heterocycles. The standard InChI is InChI=1S/C15H14BrClN2O/c16-11-2-1-3-12(17)14(11)15(19-18)10-4-5-13-9(8-10)6-7-20-13/h1-5,8,15,19H,6-7,18H2. The summed E-state index contributed by atoms with van der Waals surface area (Å²) in [7, 11) is 0. The van der Waals surface area contributed by atoms with Crippen molar-refractivity contribution in [2.24, 2.45) is 5.84 Å². The van der Waals surface area contributed by atoms with E-state index in [1.54, 1.807) is 0 Å². The smallest absolute Gasteiger partial charge is 0.122 e. The average Bonchev–Trinajstić information content (AvgIpc) is 2.90. The van der Waals surface area contributed by atoms with Crippen LogP contribution in [0.4, 0.5) is 0 Å². The summed E-state index contributed by atoms with van der Waals surface area (Å²) in [6, 6.07) is 11.7. The van der Waals surface area contributed by atoms with Crippen molar-refractivity contribution >= 4 is 27.5 Å². The van der Waals surface area contributed by atoms with Crippen LogP contribution in [0.2, 0.25) is 5.02 Å². The lowest BCUT2D eigenvalue weighted by atomic mass is 9.97. The van der Waals surface area contributed by atoms with E-state index >= 15 is 0 Å². The molecule has 0 radical (unpaired) electrons. The molecule has 0 saturated carbocycles. The van der Waals surface area contributed by atoms with Crippen molar-refractivity contribution in [3.05, 3.63) is 62.6 Å². The summed E-state index contributed by atoms with van der Waals surface area (Å²) in [5.41, 5.74) is 6.08. The van der Waals surface area contributed by atoms with Gasteiger partial charge in [0.15, 0.2) is 0 Å². The molecule has 3 nitrogen and oxygen atoms in total. The molecule has 0 saturated heterocycles. The minimum absolute atomic E-state index is 0.163. The van der Waals surface area contributed by atoms with E-state index in [0.717, 1.165) is 34.4 Å². The van der Waals surface area contributed by atoms with Gasteiger partial charge in [-0.3, -0.25) is 5.84 Å². The van der Waals surface area contributed by atoms with Gasteiger partial charge in [0.1, 0.15) is 5.75 Å². The normalized spacial score (nSPS) is 14.8. The number of hydrogen-bond acceptors (Lipinski definition) is 3. The van der Waals surface area contributed by atoms with Crippen LogP contribution in [-0.4, -0.2) is 6.61 Å². The van der Waals surface area contributed by atoms with E-state index in [4.69, 9.17) is 22.2 Å². The summed E-state index contributed by atoms with van der Waals surface area (Å²) >= 11 is 9.86. The topological polar surface area (TPSA) is 47.3 Å². The van der Waals surface area contributed by atoms with E-state index in [1.165, 1.54) is 5.56 Å². The number of hydrogen-bond donors (Lipinski definition) is 2. The Morgan fingerprint density at radius 1 is 1.30 bits per heavy atom. The molecule has 1 aliphatic heterocycles. The predicted molar refractivity (Wildman–Crippen MR) is 84.0 cm³/mol. The van der Waals surface area contributed by atoms with Crippen molar-refractivity contribution < 1.29 is 4.74 Å². The zero-order chi connectivity index (χ0) is 14.1. The Balaban J connectivity index is 2.06. The van der Waals surface area contributed by atoms with Crippen LogP contribution < -0.4 is 16.0 Å². The van der Waals surface area contributed by atoms with Gasteiger partial charge in [-0.1, -0.05) is 45.7 Å². The Hall–Kier alpha value is -1.07. The number of rotatable bonds is 3. The minimum atomic E-state index is -0.163. The van der Waals surface area contributed by atoms with Crippen molar-refractivity contribution in [3.63, 3.8) is 0 Å². The molecule has 0 fully saturated rings. The number of nitrogens with two attached hydrogens (primary N) is 1. The molecule has 3 rings (SSSR count). The fourth-order valence-corrected chi connectivity index (χ4v) is 3.51. The third-order valence-corrected chi connectivity index (χ3v) is 4.52. The highest BCUT2D eigenvalue weighted by molar-refractivity contribution is 9.10. The fraction of sp³-hybridized carbons (Fsp3) is 0.200. The van der Waals surface area contributed by atoms with E-state index in [9.17, 15) is 0 Å². The Kier molecular flexibility index (Phi) is 3.98. The molecule has 1 heterocycles. The highest BCUT2D eigenvalue weighted by Gasteiger charge is 2.21. The van der Waals surface area contributed by atoms with Crippen molar-refractivity contribution in [1.29, 1.82) is 0 Å². The summed E-state index contributed by atoms with van der Waals surface area (Å²) in [6.45, 7) is 0.745. The summed E-state index contributed by atoms with van der Waals surface area (Å²) in [5, 5.41) is 0.680. The third kappa shape index (κ3) is 2.44. The summed E-state index contributed by atoms with van der Waals surface area (Å²) in [4.78, 5) is 0. The summed E-state index contributed by atoms with van der Waals surface area (Å²) in [6.07, 6.45) is 0.935. The van der Waals surface area contributed by atoms with Gasteiger partial charge in [-0.25, -0.2) is 5.43 Å². The Morgan fingerprint density at radius 2 is 2.15 bits per heavy atom. The lowest BCUT2D eigenvalue weighted by molar-refractivity contribution is 0.357. The Bertz CT molecular complexity index is 628. The van der Waals surface area contributed by atoms with Gasteiger partial charge in [-0.2, -0.15) is 0 Å². The van der Waals surface area contributed by atoms with Crippen LogP contribution in [0.25, 0.3) is 0 Å². The third-order valence-electron chi connectivity index (χ3n) is 3.50. The van der Waals surface area contributed by atoms with Crippen LogP contribution in [0.1, 0.15) is 22.7 Å². The average molecular weight is 354 g/mol. The van der Waals surface area contributed by atoms with Crippen molar-refractivity contribution in [2.45, 2.75) is 12.5 Å². The Morgan fingerprint density at radius 3 is 2.90 bits per heavy atom. The molecule has 3 N–H and O–H groups in total. The van der Waals surface area contributed by atoms with Crippen LogP contribution >= 0.6 is 27.5 Å². The molecule has 0 amide bonds. The van der Waals surface area contributed by atoms with E-state index < -0.39 is 0 Å². The van der Waals surface area contributed by atoms with Gasteiger partial charge in [-0.15, -0.1) is 0 Å². The lowest BCUT2D eigenvalue weighted by Crippen LogP contribution is -2.29. The molecule has 104 valence electrons. The first-order valence-electron chi connectivity index (χ1n) is 6.36. The van der Waals surface area contributed by atoms with Crippen LogP contribution in [0.3, 0.4) is 0 Å². The number of fused-ring (bicyclic) bond motifs is 1. The van der Waals surface area contributed by atoms with Gasteiger partial charge >= 0.3 is 0 Å². The number of halogens is 2. The minimum Gasteiger partial charge on any atom is -0.493 e. The summed E-state index contributed by atoms with van der Waals surface area (Å²) in [5.74, 6) is 6.72. The SMILES string of the molecule is NNC(c1ccc2c(c1)CCO2)c1c(Cl)cccc1Br. The molecule has 1 aliphatic rings. The molecular formula is C15H14BrClN2O. The molecule has 1 unspecified atom stereocenters. The van der Waals surface area contributed by atoms with Gasteiger partial charge in [0.05, 0.1) is 12.6 Å². The molecule has 20 heavy (non-hydrogen) atoms. The van der Waals surface area contributed by atoms with Crippen LogP contribution in [-0.2, 0) is 6.42 Å². The van der Waals surface area contributed by atoms with Gasteiger partial charge < -0.3 is 4.74 Å². The number of nitrogens with one attached hydrogen (secondary N) is 1. The fourth-order valence-electron chi connectivity index (χ4n) is 2.52. The summed E-state index contributed by atoms with van der Waals surface area (Å²) < 4.78 is 6.47. The first kappa shape index (κ1) is 13.9. The lowest BCUT2D eigenvalue weighted by Gasteiger charge is -2.20. The quantitative estimate of drug-likeness (QED) is 0.655. The maximum Gasteiger partial charge on any atom is 0.122 e. The van der Waals surface area contributed by atoms with Gasteiger partial charge in [0, 0.05) is 21.5 Å². The van der Waals surface area contributed by atoms with Crippen molar-refractivity contribution in [1.82, 2.24) is 5.43 Å². The number of hydrazine groups is 1. The molecule has 0 bridgehead atoms. The molecular weight excluding hydrogens is 340 g/mol. The number of benzene rings is 2. The van der Waals surface area contributed by atoms with Crippen LogP contribution in [0.15, 0.2) is 40.9 Å². The maximum atomic E-state index is 6.32. The second-order valence-electron chi connectivity index (χ2n) is 4.70. The highest BCUT2D eigenvalue weighted by atomic mass is 79.9. The first-order chi connectivity index (χ1) is 9.70. The van der Waals surface area contributed by atoms with E-state index in [2.05, 4.69) is 27.4 Å². The molecule has 5 heteroatoms. The largest absolute Gasteiger partial charge is 0.493 e. The molecule has 0 spiro atoms. The van der Waals surface area contributed by atoms with Crippen LogP contribution in [0.5, 0.6) is 5.75 Å². The van der Waals surface area contributed by atoms with Crippen molar-refractivity contribution in [2.75, 3.05) is 6.61 Å². The predicted octanol–water partition coefficient (Wildman–Crippen LogP) is 3.59. The van der Waals surface area contributed by atoms with Crippen LogP contribution in [0, 0.1) is 0 Å². The number of ether oxygens (including phenoxy) is 1. The van der Waals surface area contributed by atoms with Crippen molar-refractivity contribution in [3.8, 4) is 5.75 Å². The first-order valence-corrected chi connectivity index (χ1v) is 7.53.